The van der Waals surface area contributed by atoms with Crippen LogP contribution >= 0.6 is 11.3 Å². The highest BCUT2D eigenvalue weighted by Crippen LogP contribution is 2.46. The van der Waals surface area contributed by atoms with Crippen LogP contribution in [0.3, 0.4) is 0 Å². The summed E-state index contributed by atoms with van der Waals surface area (Å²) in [6.45, 7) is 18.4. The van der Waals surface area contributed by atoms with Gasteiger partial charge in [-0.05, 0) is 114 Å². The third kappa shape index (κ3) is 11.2. The van der Waals surface area contributed by atoms with Gasteiger partial charge >= 0.3 is 5.97 Å². The second-order valence-corrected chi connectivity index (χ2v) is 22.8. The summed E-state index contributed by atoms with van der Waals surface area (Å²) in [4.78, 5) is 61.1. The van der Waals surface area contributed by atoms with E-state index in [1.165, 1.54) is 16.3 Å². The minimum atomic E-state index is -1.09. The average Bonchev–Trinajstić information content (AvgIpc) is 3.63. The van der Waals surface area contributed by atoms with Crippen LogP contribution in [0.2, 0.25) is 0 Å². The number of carbonyl (C=O) groups excluding carboxylic acids is 3. The number of aryl methyl sites for hydroxylation is 1. The molecular weight excluding hydrogens is 919 g/mol. The molecule has 17 heteroatoms. The number of piperidine rings is 1. The van der Waals surface area contributed by atoms with Crippen molar-refractivity contribution in [2.45, 2.75) is 104 Å². The van der Waals surface area contributed by atoms with Crippen molar-refractivity contribution in [3.8, 4) is 22.5 Å². The van der Waals surface area contributed by atoms with Crippen LogP contribution in [-0.2, 0) is 46.3 Å². The number of ether oxygens (including phenoxy) is 4. The lowest BCUT2D eigenvalue weighted by Crippen LogP contribution is -2.61. The summed E-state index contributed by atoms with van der Waals surface area (Å²) in [5.74, 6) is -0.447. The first-order valence-electron chi connectivity index (χ1n) is 26.1. The zero-order valence-corrected chi connectivity index (χ0v) is 44.3. The molecule has 2 amide bonds. The molecule has 16 nitrogen and oxygen atoms in total. The van der Waals surface area contributed by atoms with Gasteiger partial charge in [0.1, 0.15) is 23.2 Å². The molecule has 7 atom stereocenters. The van der Waals surface area contributed by atoms with Crippen molar-refractivity contribution in [2.75, 3.05) is 98.8 Å². The Labute approximate surface area is 424 Å². The van der Waals surface area contributed by atoms with Gasteiger partial charge in [0.25, 0.3) is 5.91 Å². The Morgan fingerprint density at radius 2 is 1.75 bits per heavy atom. The van der Waals surface area contributed by atoms with E-state index in [1.807, 2.05) is 6.20 Å². The van der Waals surface area contributed by atoms with Crippen LogP contribution in [0, 0.1) is 29.1 Å². The molecule has 7 heterocycles. The number of anilines is 1. The van der Waals surface area contributed by atoms with Crippen molar-refractivity contribution in [1.82, 2.24) is 40.1 Å². The molecule has 9 rings (SSSR count). The maximum absolute atomic E-state index is 15.1. The topological polar surface area (TPSA) is 156 Å². The zero-order chi connectivity index (χ0) is 50.1. The predicted molar refractivity (Wildman–Crippen MR) is 277 cm³/mol. The summed E-state index contributed by atoms with van der Waals surface area (Å²) in [7, 11) is 7.78. The van der Waals surface area contributed by atoms with Crippen LogP contribution in [0.25, 0.3) is 33.4 Å². The van der Waals surface area contributed by atoms with Gasteiger partial charge in [0, 0.05) is 98.8 Å². The maximum Gasteiger partial charge on any atom is 0.324 e. The molecule has 6 bridgehead atoms. The summed E-state index contributed by atoms with van der Waals surface area (Å²) < 4.78 is 27.4. The summed E-state index contributed by atoms with van der Waals surface area (Å²) in [5.41, 5.74) is 10.6. The number of hydrazine groups is 1. The number of likely N-dealkylation sites (N-methyl/N-ethyl adjacent to an activating group) is 1. The number of likely N-dealkylation sites (tertiary alicyclic amines) is 1. The number of amides is 2. The second kappa shape index (κ2) is 21.9. The lowest BCUT2D eigenvalue weighted by atomic mass is 9.84. The van der Waals surface area contributed by atoms with Gasteiger partial charge < -0.3 is 43.5 Å². The molecule has 1 saturated carbocycles. The van der Waals surface area contributed by atoms with Crippen molar-refractivity contribution in [3.05, 3.63) is 52.1 Å². The summed E-state index contributed by atoms with van der Waals surface area (Å²) in [6.07, 6.45) is 5.21. The molecule has 386 valence electrons. The van der Waals surface area contributed by atoms with Crippen molar-refractivity contribution in [2.24, 2.45) is 29.1 Å². The zero-order valence-electron chi connectivity index (χ0n) is 43.5. The number of piperazine rings is 1. The number of hydrogen-bond donors (Lipinski definition) is 2. The summed E-state index contributed by atoms with van der Waals surface area (Å²) in [5, 5.41) is 8.45. The molecule has 4 aliphatic heterocycles. The van der Waals surface area contributed by atoms with Gasteiger partial charge in [-0.15, -0.1) is 11.3 Å². The van der Waals surface area contributed by atoms with Crippen molar-refractivity contribution < 1.29 is 33.3 Å². The number of nitrogens with zero attached hydrogens (tertiary/aromatic N) is 7. The number of pyridine rings is 1. The van der Waals surface area contributed by atoms with E-state index in [2.05, 4.69) is 108 Å². The lowest BCUT2D eigenvalue weighted by molar-refractivity contribution is -0.157. The fourth-order valence-electron chi connectivity index (χ4n) is 11.2. The molecule has 1 aliphatic carbocycles. The molecule has 4 fully saturated rings. The van der Waals surface area contributed by atoms with E-state index >= 15 is 4.79 Å². The number of rotatable bonds is 13. The van der Waals surface area contributed by atoms with Gasteiger partial charge in [-0.3, -0.25) is 24.4 Å². The van der Waals surface area contributed by atoms with E-state index in [4.69, 9.17) is 28.9 Å². The average molecular weight is 996 g/mol. The van der Waals surface area contributed by atoms with Crippen molar-refractivity contribution >= 4 is 45.7 Å². The highest BCUT2D eigenvalue weighted by molar-refractivity contribution is 7.10. The molecule has 1 aromatic carbocycles. The van der Waals surface area contributed by atoms with E-state index in [-0.39, 0.29) is 48.2 Å². The molecule has 4 aromatic rings. The standard InChI is InChI=1S/C54H77N9O7S/c1-33-34(2)45(33)50(64)57-47-49(69-30-36-15-19-59(6)20-16-36)51-56-43(31-71-51)37-13-14-44-39(26-37)41(28-54(4,5)32-70-53(66)42-12-10-18-63(58-42)52(47)65)48(62(44)17-11-25-67-8)40-27-38(29-55-46(40)35(3)68-9)61-23-21-60(7)22-24-61/h13-14,26-27,29,31,33-36,42,45,47,49,58H,10-12,15-25,28,30,32H2,1-9H3,(H,57,64)/t33-,34+,35-,42-,45?,47-,49-/m0/s1. The molecule has 1 unspecified atom stereocenters. The van der Waals surface area contributed by atoms with Crippen molar-refractivity contribution in [3.63, 3.8) is 0 Å². The molecule has 2 N–H and O–H groups in total. The van der Waals surface area contributed by atoms with Gasteiger partial charge in [0.2, 0.25) is 5.91 Å². The molecule has 0 radical (unpaired) electrons. The van der Waals surface area contributed by atoms with E-state index in [0.29, 0.717) is 50.6 Å². The maximum atomic E-state index is 15.1. The van der Waals surface area contributed by atoms with Crippen LogP contribution < -0.4 is 15.6 Å². The Balaban J connectivity index is 1.21. The molecule has 0 spiro atoms. The van der Waals surface area contributed by atoms with E-state index in [1.54, 1.807) is 14.2 Å². The van der Waals surface area contributed by atoms with E-state index in [9.17, 15) is 9.59 Å². The number of cyclic esters (lactones) is 1. The van der Waals surface area contributed by atoms with Gasteiger partial charge in [0.05, 0.1) is 48.3 Å². The Morgan fingerprint density at radius 3 is 2.46 bits per heavy atom. The number of carbonyl (C=O) groups is 3. The molecule has 3 saturated heterocycles. The number of thiazole rings is 1. The number of hydrogen-bond acceptors (Lipinski definition) is 14. The monoisotopic (exact) mass is 996 g/mol. The summed E-state index contributed by atoms with van der Waals surface area (Å²) >= 11 is 1.45. The van der Waals surface area contributed by atoms with Crippen LogP contribution in [0.1, 0.15) is 95.2 Å². The van der Waals surface area contributed by atoms with Gasteiger partial charge in [-0.25, -0.2) is 10.4 Å². The fourth-order valence-corrected chi connectivity index (χ4v) is 12.1. The van der Waals surface area contributed by atoms with E-state index < -0.39 is 29.6 Å². The molecule has 3 aromatic heterocycles. The lowest BCUT2D eigenvalue weighted by Gasteiger charge is -2.37. The quantitative estimate of drug-likeness (QED) is 0.108. The number of methoxy groups -OCH3 is 2. The van der Waals surface area contributed by atoms with Crippen LogP contribution in [-0.4, -0.2) is 153 Å². The summed E-state index contributed by atoms with van der Waals surface area (Å²) in [6, 6.07) is 7.04. The number of esters is 1. The Bertz CT molecular complexity index is 2520. The Hall–Kier alpha value is -4.49. The second-order valence-electron chi connectivity index (χ2n) is 21.9. The molecular formula is C54H77N9O7S. The first kappa shape index (κ1) is 51.4. The van der Waals surface area contributed by atoms with Crippen LogP contribution in [0.15, 0.2) is 35.8 Å². The highest BCUT2D eigenvalue weighted by Gasteiger charge is 2.50. The minimum Gasteiger partial charge on any atom is -0.464 e. The first-order valence-corrected chi connectivity index (χ1v) is 26.9. The smallest absolute Gasteiger partial charge is 0.324 e. The number of fused-ring (bicyclic) bond motifs is 6. The normalized spacial score (nSPS) is 26.3. The van der Waals surface area contributed by atoms with E-state index in [0.717, 1.165) is 109 Å². The fraction of sp³-hybridized carbons (Fsp3) is 0.648. The first-order chi connectivity index (χ1) is 34.1. The number of benzene rings is 1. The largest absolute Gasteiger partial charge is 0.464 e. The molecule has 5 aliphatic rings. The van der Waals surface area contributed by atoms with Crippen LogP contribution in [0.5, 0.6) is 0 Å². The van der Waals surface area contributed by atoms with Gasteiger partial charge in [-0.1, -0.05) is 33.8 Å². The Kier molecular flexibility index (Phi) is 15.9. The number of nitrogens with one attached hydrogen (secondary N) is 2. The van der Waals surface area contributed by atoms with Crippen LogP contribution in [0.4, 0.5) is 5.69 Å². The molecule has 71 heavy (non-hydrogen) atoms. The van der Waals surface area contributed by atoms with Crippen molar-refractivity contribution in [1.29, 1.82) is 0 Å². The third-order valence-corrected chi connectivity index (χ3v) is 17.0. The third-order valence-electron chi connectivity index (χ3n) is 16.1. The Morgan fingerprint density at radius 1 is 1.00 bits per heavy atom. The highest BCUT2D eigenvalue weighted by atomic mass is 32.1. The minimum absolute atomic E-state index is 0.146. The van der Waals surface area contributed by atoms with Gasteiger partial charge in [0.15, 0.2) is 0 Å². The van der Waals surface area contributed by atoms with Gasteiger partial charge in [-0.2, -0.15) is 0 Å². The number of aromatic nitrogens is 3. The predicted octanol–water partition coefficient (Wildman–Crippen LogP) is 6.73. The SMILES string of the molecule is COCCCn1c(-c2cc(N3CCN(C)CC3)cnc2[C@H](C)OC)c2c3cc(ccc31)-c1csc(n1)[C@@H](OCC1CCN(C)CC1)[C@H](NC(=O)C1[C@@H](C)[C@H]1C)C(=O)N1CCC[C@H](N1)C(=O)OCC(C)(C)C2.